The Balaban J connectivity index is 1.97. The van der Waals surface area contributed by atoms with Crippen molar-refractivity contribution in [3.05, 3.63) is 65.2 Å². The maximum atomic E-state index is 11.5. The summed E-state index contributed by atoms with van der Waals surface area (Å²) >= 11 is 0. The highest BCUT2D eigenvalue weighted by molar-refractivity contribution is 5.70. The van der Waals surface area contributed by atoms with Crippen molar-refractivity contribution < 1.29 is 14.6 Å². The first-order valence-corrected chi connectivity index (χ1v) is 8.76. The summed E-state index contributed by atoms with van der Waals surface area (Å²) in [6.45, 7) is 3.58. The van der Waals surface area contributed by atoms with E-state index in [-0.39, 0.29) is 12.0 Å². The first kappa shape index (κ1) is 17.5. The molecular formula is C21H25NO3. The molecule has 1 fully saturated rings. The molecule has 0 spiro atoms. The Morgan fingerprint density at radius 2 is 1.96 bits per heavy atom. The molecule has 0 bridgehead atoms. The Morgan fingerprint density at radius 1 is 1.20 bits per heavy atom. The van der Waals surface area contributed by atoms with E-state index in [1.807, 2.05) is 12.1 Å². The highest BCUT2D eigenvalue weighted by atomic mass is 16.5. The topological polar surface area (TPSA) is 49.8 Å². The Kier molecular flexibility index (Phi) is 5.39. The lowest BCUT2D eigenvalue weighted by Gasteiger charge is -2.37. The van der Waals surface area contributed by atoms with Crippen LogP contribution in [0, 0.1) is 12.8 Å². The Labute approximate surface area is 149 Å². The van der Waals surface area contributed by atoms with Gasteiger partial charge in [-0.25, -0.2) is 0 Å². The predicted molar refractivity (Wildman–Crippen MR) is 97.9 cm³/mol. The molecule has 0 saturated carbocycles. The smallest absolute Gasteiger partial charge is 0.307 e. The number of nitrogens with zero attached hydrogens (tertiary/aromatic N) is 1. The van der Waals surface area contributed by atoms with E-state index < -0.39 is 5.97 Å². The molecule has 1 saturated heterocycles. The van der Waals surface area contributed by atoms with Gasteiger partial charge in [0.25, 0.3) is 0 Å². The van der Waals surface area contributed by atoms with E-state index in [1.165, 1.54) is 11.1 Å². The second-order valence-corrected chi connectivity index (χ2v) is 6.76. The fraction of sp³-hybridized carbons (Fsp3) is 0.381. The second-order valence-electron chi connectivity index (χ2n) is 6.76. The molecule has 25 heavy (non-hydrogen) atoms. The second kappa shape index (κ2) is 7.70. The third-order valence-electron chi connectivity index (χ3n) is 4.96. The third kappa shape index (κ3) is 4.02. The monoisotopic (exact) mass is 339 g/mol. The summed E-state index contributed by atoms with van der Waals surface area (Å²) in [5.41, 5.74) is 3.58. The van der Waals surface area contributed by atoms with Gasteiger partial charge in [0.15, 0.2) is 0 Å². The number of ether oxygens (including phenoxy) is 1. The van der Waals surface area contributed by atoms with E-state index in [1.54, 1.807) is 7.11 Å². The summed E-state index contributed by atoms with van der Waals surface area (Å²) < 4.78 is 5.28. The molecule has 0 aliphatic carbocycles. The molecule has 132 valence electrons. The van der Waals surface area contributed by atoms with E-state index in [2.05, 4.69) is 48.2 Å². The predicted octanol–water partition coefficient (Wildman–Crippen LogP) is 3.89. The molecule has 1 heterocycles. The largest absolute Gasteiger partial charge is 0.497 e. The summed E-state index contributed by atoms with van der Waals surface area (Å²) in [6.07, 6.45) is 1.67. The van der Waals surface area contributed by atoms with Gasteiger partial charge in [0.2, 0.25) is 0 Å². The van der Waals surface area contributed by atoms with Crippen molar-refractivity contribution in [2.75, 3.05) is 20.2 Å². The van der Waals surface area contributed by atoms with Gasteiger partial charge in [0.1, 0.15) is 5.75 Å². The molecule has 1 aliphatic rings. The number of aliphatic carboxylic acids is 1. The van der Waals surface area contributed by atoms with Gasteiger partial charge in [-0.05, 0) is 49.6 Å². The minimum absolute atomic E-state index is 0.0629. The minimum Gasteiger partial charge on any atom is -0.497 e. The maximum absolute atomic E-state index is 11.5. The minimum atomic E-state index is -0.692. The van der Waals surface area contributed by atoms with Crippen molar-refractivity contribution >= 4 is 5.97 Å². The average molecular weight is 339 g/mol. The van der Waals surface area contributed by atoms with Gasteiger partial charge in [-0.3, -0.25) is 9.69 Å². The molecule has 4 nitrogen and oxygen atoms in total. The molecule has 3 rings (SSSR count). The summed E-state index contributed by atoms with van der Waals surface area (Å²) in [7, 11) is 1.66. The van der Waals surface area contributed by atoms with Gasteiger partial charge in [-0.15, -0.1) is 0 Å². The van der Waals surface area contributed by atoms with Crippen molar-refractivity contribution in [2.24, 2.45) is 5.92 Å². The van der Waals surface area contributed by atoms with Gasteiger partial charge in [-0.2, -0.15) is 0 Å². The van der Waals surface area contributed by atoms with Crippen LogP contribution in [0.2, 0.25) is 0 Å². The number of carboxylic acids is 1. The quantitative estimate of drug-likeness (QED) is 0.898. The standard InChI is InChI=1S/C21H25NO3/c1-15-5-3-6-17(13-15)20(16-8-10-19(25-2)11-9-16)22-12-4-7-18(14-22)21(23)24/h3,5-6,8-11,13,18,20H,4,7,12,14H2,1-2H3,(H,23,24). The number of hydrogen-bond donors (Lipinski definition) is 1. The van der Waals surface area contributed by atoms with E-state index in [0.717, 1.165) is 30.7 Å². The number of piperidine rings is 1. The Bertz CT molecular complexity index is 726. The fourth-order valence-corrected chi connectivity index (χ4v) is 3.68. The lowest BCUT2D eigenvalue weighted by molar-refractivity contribution is -0.143. The van der Waals surface area contributed by atoms with Crippen LogP contribution in [0.25, 0.3) is 0 Å². The fourth-order valence-electron chi connectivity index (χ4n) is 3.68. The molecule has 0 amide bonds. The first-order chi connectivity index (χ1) is 12.1. The van der Waals surface area contributed by atoms with Crippen molar-refractivity contribution in [2.45, 2.75) is 25.8 Å². The van der Waals surface area contributed by atoms with Crippen LogP contribution < -0.4 is 4.74 Å². The van der Waals surface area contributed by atoms with Gasteiger partial charge in [0.05, 0.1) is 19.1 Å². The SMILES string of the molecule is COc1ccc(C(c2cccc(C)c2)N2CCCC(C(=O)O)C2)cc1. The lowest BCUT2D eigenvalue weighted by atomic mass is 9.91. The van der Waals surface area contributed by atoms with Crippen molar-refractivity contribution in [3.8, 4) is 5.75 Å². The molecule has 2 unspecified atom stereocenters. The zero-order chi connectivity index (χ0) is 17.8. The van der Waals surface area contributed by atoms with Crippen LogP contribution in [0.1, 0.15) is 35.6 Å². The number of carbonyl (C=O) groups is 1. The summed E-state index contributed by atoms with van der Waals surface area (Å²) in [5.74, 6) is -0.157. The molecule has 4 heteroatoms. The molecule has 2 aromatic carbocycles. The zero-order valence-electron chi connectivity index (χ0n) is 14.8. The van der Waals surface area contributed by atoms with Gasteiger partial charge in [0, 0.05) is 6.54 Å². The van der Waals surface area contributed by atoms with Crippen LogP contribution >= 0.6 is 0 Å². The van der Waals surface area contributed by atoms with Crippen LogP contribution in [0.3, 0.4) is 0 Å². The maximum Gasteiger partial charge on any atom is 0.307 e. The number of carboxylic acid groups (broad SMARTS) is 1. The van der Waals surface area contributed by atoms with Crippen molar-refractivity contribution in [3.63, 3.8) is 0 Å². The normalized spacial score (nSPS) is 19.4. The highest BCUT2D eigenvalue weighted by Gasteiger charge is 2.31. The number of likely N-dealkylation sites (tertiary alicyclic amines) is 1. The van der Waals surface area contributed by atoms with E-state index >= 15 is 0 Å². The van der Waals surface area contributed by atoms with Gasteiger partial charge in [-0.1, -0.05) is 42.0 Å². The van der Waals surface area contributed by atoms with Crippen LogP contribution in [0.5, 0.6) is 5.75 Å². The number of aryl methyl sites for hydroxylation is 1. The first-order valence-electron chi connectivity index (χ1n) is 8.76. The lowest BCUT2D eigenvalue weighted by Crippen LogP contribution is -2.41. The van der Waals surface area contributed by atoms with Crippen molar-refractivity contribution in [1.29, 1.82) is 0 Å². The van der Waals surface area contributed by atoms with Crippen LogP contribution in [-0.4, -0.2) is 36.2 Å². The number of hydrogen-bond acceptors (Lipinski definition) is 3. The number of benzene rings is 2. The summed E-state index contributed by atoms with van der Waals surface area (Å²) in [5, 5.41) is 9.45. The molecule has 0 aromatic heterocycles. The molecule has 1 N–H and O–H groups in total. The summed E-state index contributed by atoms with van der Waals surface area (Å²) in [6, 6.07) is 16.6. The van der Waals surface area contributed by atoms with Crippen LogP contribution in [-0.2, 0) is 4.79 Å². The van der Waals surface area contributed by atoms with E-state index in [9.17, 15) is 9.90 Å². The molecule has 0 radical (unpaired) electrons. The van der Waals surface area contributed by atoms with E-state index in [4.69, 9.17) is 4.74 Å². The highest BCUT2D eigenvalue weighted by Crippen LogP contribution is 2.33. The molecule has 2 atom stereocenters. The van der Waals surface area contributed by atoms with Gasteiger partial charge < -0.3 is 9.84 Å². The Morgan fingerprint density at radius 3 is 2.60 bits per heavy atom. The molecule has 1 aliphatic heterocycles. The number of rotatable bonds is 5. The molecule has 2 aromatic rings. The van der Waals surface area contributed by atoms with Gasteiger partial charge >= 0.3 is 5.97 Å². The average Bonchev–Trinajstić information content (AvgIpc) is 2.63. The van der Waals surface area contributed by atoms with Crippen LogP contribution in [0.4, 0.5) is 0 Å². The molecular weight excluding hydrogens is 314 g/mol. The Hall–Kier alpha value is -2.33. The van der Waals surface area contributed by atoms with Crippen molar-refractivity contribution in [1.82, 2.24) is 4.90 Å². The van der Waals surface area contributed by atoms with E-state index in [0.29, 0.717) is 6.54 Å². The third-order valence-corrected chi connectivity index (χ3v) is 4.96. The number of methoxy groups -OCH3 is 1. The zero-order valence-corrected chi connectivity index (χ0v) is 14.8. The summed E-state index contributed by atoms with van der Waals surface area (Å²) in [4.78, 5) is 13.8. The van der Waals surface area contributed by atoms with Crippen LogP contribution in [0.15, 0.2) is 48.5 Å².